The number of rotatable bonds is 8. The molecule has 1 aliphatic rings. The van der Waals surface area contributed by atoms with Crippen LogP contribution >= 0.6 is 11.3 Å². The van der Waals surface area contributed by atoms with Gasteiger partial charge in [-0.2, -0.15) is 0 Å². The Balaban J connectivity index is 1.40. The lowest BCUT2D eigenvalue weighted by Crippen LogP contribution is -2.28. The van der Waals surface area contributed by atoms with Crippen molar-refractivity contribution in [2.45, 2.75) is 18.9 Å². The molecule has 32 heavy (non-hydrogen) atoms. The van der Waals surface area contributed by atoms with Crippen LogP contribution in [0.25, 0.3) is 0 Å². The number of hydrogen-bond donors (Lipinski definition) is 2. The molecule has 1 aliphatic carbocycles. The van der Waals surface area contributed by atoms with Crippen LogP contribution in [0.5, 0.6) is 0 Å². The van der Waals surface area contributed by atoms with Gasteiger partial charge in [-0.15, -0.1) is 11.3 Å². The maximum absolute atomic E-state index is 12.7. The van der Waals surface area contributed by atoms with Gasteiger partial charge in [-0.3, -0.25) is 14.4 Å². The van der Waals surface area contributed by atoms with Crippen molar-refractivity contribution >= 4 is 40.6 Å². The zero-order chi connectivity index (χ0) is 22.5. The highest BCUT2D eigenvalue weighted by atomic mass is 32.1. The van der Waals surface area contributed by atoms with Crippen molar-refractivity contribution in [3.63, 3.8) is 0 Å². The molecule has 1 aromatic heterocycles. The Hall–Kier alpha value is -3.78. The molecule has 7 nitrogen and oxygen atoms in total. The van der Waals surface area contributed by atoms with Gasteiger partial charge in [0.05, 0.1) is 21.7 Å². The first-order chi connectivity index (χ1) is 15.5. The second kappa shape index (κ2) is 9.57. The van der Waals surface area contributed by atoms with Gasteiger partial charge >= 0.3 is 5.97 Å². The average Bonchev–Trinajstić information content (AvgIpc) is 3.45. The van der Waals surface area contributed by atoms with Crippen molar-refractivity contribution < 1.29 is 23.9 Å². The highest BCUT2D eigenvalue weighted by molar-refractivity contribution is 7.12. The topological polar surface area (TPSA) is 102 Å². The number of nitrogens with one attached hydrogen (secondary N) is 2. The van der Waals surface area contributed by atoms with Crippen molar-refractivity contribution in [1.29, 1.82) is 0 Å². The van der Waals surface area contributed by atoms with Gasteiger partial charge in [-0.1, -0.05) is 36.4 Å². The molecule has 0 saturated heterocycles. The largest absolute Gasteiger partial charge is 0.452 e. The lowest BCUT2D eigenvalue weighted by molar-refractivity contribution is -0.119. The lowest BCUT2D eigenvalue weighted by Gasteiger charge is -2.12. The van der Waals surface area contributed by atoms with Gasteiger partial charge in [-0.05, 0) is 42.5 Å². The van der Waals surface area contributed by atoms with Gasteiger partial charge in [0.15, 0.2) is 6.61 Å². The molecule has 3 aromatic rings. The molecule has 0 unspecified atom stereocenters. The summed E-state index contributed by atoms with van der Waals surface area (Å²) in [6.07, 6.45) is 1.90. The van der Waals surface area contributed by atoms with E-state index in [-0.39, 0.29) is 28.9 Å². The Kier molecular flexibility index (Phi) is 6.42. The normalized spacial score (nSPS) is 12.6. The number of para-hydroxylation sites is 1. The van der Waals surface area contributed by atoms with Crippen LogP contribution < -0.4 is 10.6 Å². The third-order valence-corrected chi connectivity index (χ3v) is 5.70. The predicted molar refractivity (Wildman–Crippen MR) is 120 cm³/mol. The van der Waals surface area contributed by atoms with Crippen LogP contribution in [0, 0.1) is 0 Å². The summed E-state index contributed by atoms with van der Waals surface area (Å²) in [4.78, 5) is 50.5. The number of carbonyl (C=O) groups is 4. The zero-order valence-corrected chi connectivity index (χ0v) is 17.8. The number of benzene rings is 2. The number of esters is 1. The molecule has 2 aromatic carbocycles. The first-order valence-electron chi connectivity index (χ1n) is 10.1. The quantitative estimate of drug-likeness (QED) is 0.404. The molecule has 1 saturated carbocycles. The van der Waals surface area contributed by atoms with E-state index in [1.165, 1.54) is 17.4 Å². The van der Waals surface area contributed by atoms with E-state index in [9.17, 15) is 19.2 Å². The van der Waals surface area contributed by atoms with Gasteiger partial charge in [0.1, 0.15) is 0 Å². The van der Waals surface area contributed by atoms with E-state index in [4.69, 9.17) is 4.74 Å². The van der Waals surface area contributed by atoms with E-state index in [0.717, 1.165) is 12.8 Å². The Morgan fingerprint density at radius 2 is 1.56 bits per heavy atom. The van der Waals surface area contributed by atoms with Crippen LogP contribution in [0.2, 0.25) is 0 Å². The molecule has 0 radical (unpaired) electrons. The second-order valence-electron chi connectivity index (χ2n) is 7.27. The number of anilines is 1. The second-order valence-corrected chi connectivity index (χ2v) is 8.22. The highest BCUT2D eigenvalue weighted by Gasteiger charge is 2.25. The molecule has 0 aliphatic heterocycles. The molecule has 1 heterocycles. The minimum absolute atomic E-state index is 0.0860. The minimum atomic E-state index is -0.777. The molecule has 2 N–H and O–H groups in total. The molecular weight excluding hydrogens is 428 g/mol. The van der Waals surface area contributed by atoms with Crippen LogP contribution in [0.3, 0.4) is 0 Å². The Morgan fingerprint density at radius 1 is 0.875 bits per heavy atom. The van der Waals surface area contributed by atoms with E-state index in [2.05, 4.69) is 10.6 Å². The fourth-order valence-corrected chi connectivity index (χ4v) is 3.75. The fraction of sp³-hybridized carbons (Fsp3) is 0.167. The Bertz CT molecular complexity index is 1170. The third-order valence-electron chi connectivity index (χ3n) is 4.83. The zero-order valence-electron chi connectivity index (χ0n) is 17.0. The predicted octanol–water partition coefficient (Wildman–Crippen LogP) is 3.67. The van der Waals surface area contributed by atoms with Gasteiger partial charge in [0.25, 0.3) is 11.8 Å². The van der Waals surface area contributed by atoms with Crippen LogP contribution in [0.15, 0.2) is 66.0 Å². The molecule has 2 amide bonds. The van der Waals surface area contributed by atoms with E-state index < -0.39 is 18.5 Å². The standard InChI is InChI=1S/C24H20N2O5S/c27-21(26-19-9-4-3-8-18(19)23(29)25-15-11-12-15)14-31-24(30)17-7-2-1-6-16(17)22(28)20-10-5-13-32-20/h1-10,13,15H,11-12,14H2,(H,25,29)(H,26,27). The molecular formula is C24H20N2O5S. The first-order valence-corrected chi connectivity index (χ1v) is 10.9. The van der Waals surface area contributed by atoms with Gasteiger partial charge in [0, 0.05) is 11.6 Å². The number of amides is 2. The minimum Gasteiger partial charge on any atom is -0.452 e. The number of ether oxygens (including phenoxy) is 1. The number of carbonyl (C=O) groups excluding carboxylic acids is 4. The molecule has 0 spiro atoms. The molecule has 4 rings (SSSR count). The molecule has 8 heteroatoms. The summed E-state index contributed by atoms with van der Waals surface area (Å²) in [6, 6.07) is 16.6. The summed E-state index contributed by atoms with van der Waals surface area (Å²) in [5.41, 5.74) is 0.969. The van der Waals surface area contributed by atoms with Crippen molar-refractivity contribution in [2.75, 3.05) is 11.9 Å². The van der Waals surface area contributed by atoms with Crippen LogP contribution in [-0.2, 0) is 9.53 Å². The van der Waals surface area contributed by atoms with Crippen molar-refractivity contribution in [3.05, 3.63) is 87.6 Å². The Labute approximate surface area is 188 Å². The van der Waals surface area contributed by atoms with Gasteiger partial charge in [0.2, 0.25) is 5.78 Å². The fourth-order valence-electron chi connectivity index (χ4n) is 3.08. The van der Waals surface area contributed by atoms with Gasteiger partial charge in [-0.25, -0.2) is 4.79 Å². The van der Waals surface area contributed by atoms with Gasteiger partial charge < -0.3 is 15.4 Å². The summed E-state index contributed by atoms with van der Waals surface area (Å²) < 4.78 is 5.14. The third kappa shape index (κ3) is 5.09. The van der Waals surface area contributed by atoms with E-state index in [1.807, 2.05) is 0 Å². The van der Waals surface area contributed by atoms with E-state index >= 15 is 0 Å². The SMILES string of the molecule is O=C(COC(=O)c1ccccc1C(=O)c1cccs1)Nc1ccccc1C(=O)NC1CC1. The van der Waals surface area contributed by atoms with Crippen LogP contribution in [0.4, 0.5) is 5.69 Å². The number of thiophene rings is 1. The maximum Gasteiger partial charge on any atom is 0.339 e. The molecule has 162 valence electrons. The summed E-state index contributed by atoms with van der Waals surface area (Å²) in [5.74, 6) is -1.92. The van der Waals surface area contributed by atoms with Crippen molar-refractivity contribution in [2.24, 2.45) is 0 Å². The summed E-state index contributed by atoms with van der Waals surface area (Å²) >= 11 is 1.28. The van der Waals surface area contributed by atoms with Crippen molar-refractivity contribution in [1.82, 2.24) is 5.32 Å². The summed E-state index contributed by atoms with van der Waals surface area (Å²) in [7, 11) is 0. The maximum atomic E-state index is 12.7. The molecule has 0 bridgehead atoms. The average molecular weight is 449 g/mol. The van der Waals surface area contributed by atoms with Crippen LogP contribution in [-0.4, -0.2) is 36.2 Å². The summed E-state index contributed by atoms with van der Waals surface area (Å²) in [5, 5.41) is 7.27. The van der Waals surface area contributed by atoms with E-state index in [0.29, 0.717) is 16.1 Å². The van der Waals surface area contributed by atoms with Crippen molar-refractivity contribution in [3.8, 4) is 0 Å². The first kappa shape index (κ1) is 21.5. The smallest absolute Gasteiger partial charge is 0.339 e. The monoisotopic (exact) mass is 448 g/mol. The Morgan fingerprint density at radius 3 is 2.25 bits per heavy atom. The molecule has 0 atom stereocenters. The highest BCUT2D eigenvalue weighted by Crippen LogP contribution is 2.22. The summed E-state index contributed by atoms with van der Waals surface area (Å²) in [6.45, 7) is -0.557. The number of ketones is 1. The van der Waals surface area contributed by atoms with E-state index in [1.54, 1.807) is 60.0 Å². The molecule has 1 fully saturated rings. The van der Waals surface area contributed by atoms with Crippen LogP contribution in [0.1, 0.15) is 48.8 Å². The lowest BCUT2D eigenvalue weighted by atomic mass is 10.0. The number of hydrogen-bond acceptors (Lipinski definition) is 6.